The van der Waals surface area contributed by atoms with Gasteiger partial charge >= 0.3 is 6.61 Å². The van der Waals surface area contributed by atoms with Crippen LogP contribution < -0.4 is 4.74 Å². The molecule has 0 spiro atoms. The van der Waals surface area contributed by atoms with Gasteiger partial charge in [0, 0.05) is 11.6 Å². The fourth-order valence-corrected chi connectivity index (χ4v) is 1.51. The van der Waals surface area contributed by atoms with E-state index in [1.807, 2.05) is 0 Å². The molecule has 0 saturated carbocycles. The van der Waals surface area contributed by atoms with Crippen molar-refractivity contribution in [1.29, 1.82) is 0 Å². The quantitative estimate of drug-likeness (QED) is 0.736. The number of hydrogen-bond donors (Lipinski definition) is 0. The fourth-order valence-electron chi connectivity index (χ4n) is 1.29. The van der Waals surface area contributed by atoms with E-state index in [9.17, 15) is 8.78 Å². The lowest BCUT2D eigenvalue weighted by Gasteiger charge is -2.05. The zero-order valence-corrected chi connectivity index (χ0v) is 8.21. The summed E-state index contributed by atoms with van der Waals surface area (Å²) in [5.74, 6) is 0.0763. The molecular formula is C10H6ClF2NO. The van der Waals surface area contributed by atoms with Crippen molar-refractivity contribution in [1.82, 2.24) is 4.98 Å². The molecule has 0 radical (unpaired) electrons. The van der Waals surface area contributed by atoms with E-state index < -0.39 is 6.61 Å². The van der Waals surface area contributed by atoms with Crippen LogP contribution in [0.1, 0.15) is 0 Å². The molecule has 0 bridgehead atoms. The first-order valence-electron chi connectivity index (χ1n) is 4.16. The number of pyridine rings is 1. The smallest absolute Gasteiger partial charge is 0.387 e. The Kier molecular flexibility index (Phi) is 2.68. The van der Waals surface area contributed by atoms with Crippen LogP contribution in [0.4, 0.5) is 8.78 Å². The van der Waals surface area contributed by atoms with Gasteiger partial charge in [-0.3, -0.25) is 0 Å². The second-order valence-electron chi connectivity index (χ2n) is 2.86. The number of alkyl halides is 2. The maximum Gasteiger partial charge on any atom is 0.387 e. The lowest BCUT2D eigenvalue weighted by Crippen LogP contribution is -2.01. The Morgan fingerprint density at radius 1 is 1.27 bits per heavy atom. The van der Waals surface area contributed by atoms with E-state index in [0.717, 1.165) is 5.39 Å². The van der Waals surface area contributed by atoms with Gasteiger partial charge in [-0.15, -0.1) is 0 Å². The van der Waals surface area contributed by atoms with Gasteiger partial charge in [0.25, 0.3) is 0 Å². The maximum absolute atomic E-state index is 12.0. The Hall–Kier alpha value is -1.42. The van der Waals surface area contributed by atoms with Crippen molar-refractivity contribution in [3.05, 3.63) is 35.6 Å². The highest BCUT2D eigenvalue weighted by molar-refractivity contribution is 6.34. The van der Waals surface area contributed by atoms with Crippen molar-refractivity contribution in [2.24, 2.45) is 0 Å². The van der Waals surface area contributed by atoms with E-state index in [1.54, 1.807) is 18.3 Å². The predicted molar refractivity (Wildman–Crippen MR) is 53.4 cm³/mol. The van der Waals surface area contributed by atoms with Gasteiger partial charge in [0.1, 0.15) is 10.9 Å². The number of fused-ring (bicyclic) bond motifs is 1. The summed E-state index contributed by atoms with van der Waals surface area (Å²) in [6.07, 6.45) is 1.55. The number of aromatic nitrogens is 1. The number of halogens is 3. The lowest BCUT2D eigenvalue weighted by atomic mass is 10.2. The third-order valence-electron chi connectivity index (χ3n) is 1.91. The molecule has 0 N–H and O–H groups in total. The van der Waals surface area contributed by atoms with E-state index in [0.29, 0.717) is 5.39 Å². The number of nitrogens with zero attached hydrogens (tertiary/aromatic N) is 1. The minimum Gasteiger partial charge on any atom is -0.435 e. The van der Waals surface area contributed by atoms with Gasteiger partial charge in [-0.1, -0.05) is 17.7 Å². The molecule has 1 aromatic heterocycles. The molecule has 2 nitrogen and oxygen atoms in total. The van der Waals surface area contributed by atoms with Gasteiger partial charge in [-0.2, -0.15) is 8.78 Å². The van der Waals surface area contributed by atoms with Gasteiger partial charge in [0.05, 0.1) is 0 Å². The standard InChI is InChI=1S/C10H6ClF2NO/c11-9-8-5-7(15-10(12)13)2-1-6(8)3-4-14-9/h1-5,10H. The summed E-state index contributed by atoms with van der Waals surface area (Å²) >= 11 is 5.81. The minimum absolute atomic E-state index is 0.0763. The molecule has 0 aliphatic rings. The van der Waals surface area contributed by atoms with Gasteiger partial charge in [-0.05, 0) is 23.6 Å². The molecule has 0 aliphatic carbocycles. The van der Waals surface area contributed by atoms with Crippen LogP contribution in [0.15, 0.2) is 30.5 Å². The molecule has 0 amide bonds. The van der Waals surface area contributed by atoms with Gasteiger partial charge in [-0.25, -0.2) is 4.98 Å². The summed E-state index contributed by atoms with van der Waals surface area (Å²) in [5, 5.41) is 1.70. The molecule has 0 atom stereocenters. The molecule has 2 aromatic rings. The summed E-state index contributed by atoms with van der Waals surface area (Å²) in [6.45, 7) is -2.84. The molecule has 15 heavy (non-hydrogen) atoms. The maximum atomic E-state index is 12.0. The van der Waals surface area contributed by atoms with Gasteiger partial charge in [0.15, 0.2) is 0 Å². The van der Waals surface area contributed by atoms with Crippen LogP contribution in [-0.2, 0) is 0 Å². The SMILES string of the molecule is FC(F)Oc1ccc2ccnc(Cl)c2c1. The zero-order chi connectivity index (χ0) is 10.8. The Labute approximate surface area is 89.4 Å². The average Bonchev–Trinajstić information content (AvgIpc) is 2.18. The van der Waals surface area contributed by atoms with Crippen LogP contribution in [0.25, 0.3) is 10.8 Å². The molecular weight excluding hydrogens is 224 g/mol. The average molecular weight is 230 g/mol. The van der Waals surface area contributed by atoms with Crippen LogP contribution in [-0.4, -0.2) is 11.6 Å². The molecule has 2 rings (SSSR count). The third-order valence-corrected chi connectivity index (χ3v) is 2.22. The Morgan fingerprint density at radius 2 is 2.07 bits per heavy atom. The molecule has 1 aromatic carbocycles. The van der Waals surface area contributed by atoms with Crippen molar-refractivity contribution in [3.63, 3.8) is 0 Å². The van der Waals surface area contributed by atoms with Crippen LogP contribution in [0.2, 0.25) is 5.15 Å². The van der Waals surface area contributed by atoms with Crippen LogP contribution in [0.3, 0.4) is 0 Å². The first-order chi connectivity index (χ1) is 7.16. The zero-order valence-electron chi connectivity index (χ0n) is 7.45. The van der Waals surface area contributed by atoms with E-state index in [2.05, 4.69) is 9.72 Å². The van der Waals surface area contributed by atoms with Crippen molar-refractivity contribution < 1.29 is 13.5 Å². The minimum atomic E-state index is -2.84. The van der Waals surface area contributed by atoms with Crippen LogP contribution >= 0.6 is 11.6 Å². The van der Waals surface area contributed by atoms with Gasteiger partial charge < -0.3 is 4.74 Å². The highest BCUT2D eigenvalue weighted by atomic mass is 35.5. The fraction of sp³-hybridized carbons (Fsp3) is 0.100. The van der Waals surface area contributed by atoms with Crippen molar-refractivity contribution in [2.75, 3.05) is 0 Å². The van der Waals surface area contributed by atoms with Crippen molar-refractivity contribution in [3.8, 4) is 5.75 Å². The lowest BCUT2D eigenvalue weighted by molar-refractivity contribution is -0.0497. The number of rotatable bonds is 2. The summed E-state index contributed by atoms with van der Waals surface area (Å²) in [5.41, 5.74) is 0. The Bertz CT molecular complexity index is 490. The molecule has 1 heterocycles. The number of ether oxygens (including phenoxy) is 1. The summed E-state index contributed by atoms with van der Waals surface area (Å²) in [7, 11) is 0. The van der Waals surface area contributed by atoms with Crippen LogP contribution in [0.5, 0.6) is 5.75 Å². The summed E-state index contributed by atoms with van der Waals surface area (Å²) in [4.78, 5) is 3.85. The largest absolute Gasteiger partial charge is 0.435 e. The number of benzene rings is 1. The molecule has 78 valence electrons. The van der Waals surface area contributed by atoms with Crippen molar-refractivity contribution >= 4 is 22.4 Å². The predicted octanol–water partition coefficient (Wildman–Crippen LogP) is 3.49. The molecule has 5 heteroatoms. The van der Waals surface area contributed by atoms with Crippen LogP contribution in [0, 0.1) is 0 Å². The first kappa shape index (κ1) is 10.1. The number of hydrogen-bond acceptors (Lipinski definition) is 2. The van der Waals surface area contributed by atoms with E-state index >= 15 is 0 Å². The second-order valence-corrected chi connectivity index (χ2v) is 3.22. The summed E-state index contributed by atoms with van der Waals surface area (Å²) in [6, 6.07) is 6.30. The normalized spacial score (nSPS) is 10.9. The van der Waals surface area contributed by atoms with E-state index in [1.165, 1.54) is 12.1 Å². The molecule has 0 saturated heterocycles. The molecule has 0 aliphatic heterocycles. The Balaban J connectivity index is 2.50. The summed E-state index contributed by atoms with van der Waals surface area (Å²) < 4.78 is 28.2. The topological polar surface area (TPSA) is 22.1 Å². The Morgan fingerprint density at radius 3 is 2.80 bits per heavy atom. The third kappa shape index (κ3) is 2.15. The first-order valence-corrected chi connectivity index (χ1v) is 4.54. The highest BCUT2D eigenvalue weighted by Crippen LogP contribution is 2.26. The highest BCUT2D eigenvalue weighted by Gasteiger charge is 2.06. The second kappa shape index (κ2) is 3.98. The van der Waals surface area contributed by atoms with Crippen molar-refractivity contribution in [2.45, 2.75) is 6.61 Å². The monoisotopic (exact) mass is 229 g/mol. The van der Waals surface area contributed by atoms with E-state index in [4.69, 9.17) is 11.6 Å². The van der Waals surface area contributed by atoms with Gasteiger partial charge in [0.2, 0.25) is 0 Å². The van der Waals surface area contributed by atoms with E-state index in [-0.39, 0.29) is 10.9 Å². The molecule has 0 unspecified atom stereocenters. The molecule has 0 fully saturated rings.